The Morgan fingerprint density at radius 2 is 1.92 bits per heavy atom. The number of aryl methyl sites for hydroxylation is 2. The molecule has 0 radical (unpaired) electrons. The van der Waals surface area contributed by atoms with Gasteiger partial charge in [0.1, 0.15) is 0 Å². The number of rotatable bonds is 0. The zero-order valence-corrected chi connectivity index (χ0v) is 8.65. The number of hydrogen-bond donors (Lipinski definition) is 1. The summed E-state index contributed by atoms with van der Waals surface area (Å²) in [5, 5.41) is 3.48. The zero-order chi connectivity index (χ0) is 9.42. The monoisotopic (exact) mass is 175 g/mol. The lowest BCUT2D eigenvalue weighted by Crippen LogP contribution is -2.20. The quantitative estimate of drug-likeness (QED) is 0.639. The highest BCUT2D eigenvalue weighted by Crippen LogP contribution is 2.27. The van der Waals surface area contributed by atoms with Crippen molar-refractivity contribution in [3.8, 4) is 0 Å². The second-order valence-corrected chi connectivity index (χ2v) is 4.28. The molecule has 1 atom stereocenters. The average molecular weight is 175 g/mol. The van der Waals surface area contributed by atoms with E-state index in [1.165, 1.54) is 28.8 Å². The van der Waals surface area contributed by atoms with Gasteiger partial charge < -0.3 is 5.32 Å². The number of hydrogen-bond acceptors (Lipinski definition) is 1. The summed E-state index contributed by atoms with van der Waals surface area (Å²) < 4.78 is 0. The fourth-order valence-corrected chi connectivity index (χ4v) is 1.94. The van der Waals surface area contributed by atoms with E-state index in [1.807, 2.05) is 0 Å². The molecule has 0 spiro atoms. The molecule has 1 heteroatoms. The molecule has 2 rings (SSSR count). The molecule has 0 bridgehead atoms. The van der Waals surface area contributed by atoms with E-state index < -0.39 is 0 Å². The third-order valence-electron chi connectivity index (χ3n) is 2.93. The average Bonchev–Trinajstić information content (AvgIpc) is 2.08. The van der Waals surface area contributed by atoms with E-state index in [-0.39, 0.29) is 0 Å². The summed E-state index contributed by atoms with van der Waals surface area (Å²) in [5.74, 6) is 0.773. The number of fused-ring (bicyclic) bond motifs is 1. The van der Waals surface area contributed by atoms with Crippen LogP contribution < -0.4 is 5.32 Å². The van der Waals surface area contributed by atoms with E-state index in [2.05, 4.69) is 38.2 Å². The van der Waals surface area contributed by atoms with Crippen LogP contribution in [0.3, 0.4) is 0 Å². The van der Waals surface area contributed by atoms with Gasteiger partial charge in [-0.15, -0.1) is 0 Å². The van der Waals surface area contributed by atoms with Crippen molar-refractivity contribution in [2.45, 2.75) is 27.2 Å². The first-order valence-electron chi connectivity index (χ1n) is 5.01. The van der Waals surface area contributed by atoms with Crippen molar-refractivity contribution in [3.05, 3.63) is 28.8 Å². The van der Waals surface area contributed by atoms with Crippen molar-refractivity contribution in [2.24, 2.45) is 5.92 Å². The number of benzene rings is 1. The molecule has 70 valence electrons. The molecule has 1 aliphatic heterocycles. The third kappa shape index (κ3) is 1.55. The molecule has 0 amide bonds. The summed E-state index contributed by atoms with van der Waals surface area (Å²) in [6.45, 7) is 7.78. The smallest absolute Gasteiger partial charge is 0.0375 e. The molecule has 13 heavy (non-hydrogen) atoms. The van der Waals surface area contributed by atoms with Crippen LogP contribution in [0.4, 0.5) is 5.69 Å². The van der Waals surface area contributed by atoms with Crippen molar-refractivity contribution in [1.82, 2.24) is 0 Å². The molecule has 1 nitrogen and oxygen atoms in total. The fraction of sp³-hybridized carbons (Fsp3) is 0.500. The topological polar surface area (TPSA) is 12.0 Å². The zero-order valence-electron chi connectivity index (χ0n) is 8.65. The second kappa shape index (κ2) is 3.06. The number of nitrogens with one attached hydrogen (secondary N) is 1. The van der Waals surface area contributed by atoms with Gasteiger partial charge in [-0.05, 0) is 48.9 Å². The van der Waals surface area contributed by atoms with Crippen LogP contribution in [0.5, 0.6) is 0 Å². The van der Waals surface area contributed by atoms with Crippen LogP contribution in [0.1, 0.15) is 23.6 Å². The first-order valence-corrected chi connectivity index (χ1v) is 5.01. The van der Waals surface area contributed by atoms with Gasteiger partial charge in [0.2, 0.25) is 0 Å². The molecule has 0 saturated heterocycles. The normalized spacial score (nSPS) is 20.7. The van der Waals surface area contributed by atoms with Gasteiger partial charge >= 0.3 is 0 Å². The van der Waals surface area contributed by atoms with Crippen molar-refractivity contribution in [2.75, 3.05) is 11.9 Å². The Morgan fingerprint density at radius 3 is 2.69 bits per heavy atom. The molecular weight excluding hydrogens is 158 g/mol. The van der Waals surface area contributed by atoms with Gasteiger partial charge in [-0.3, -0.25) is 0 Å². The van der Waals surface area contributed by atoms with Gasteiger partial charge in [-0.1, -0.05) is 13.0 Å². The van der Waals surface area contributed by atoms with E-state index in [0.29, 0.717) is 0 Å². The van der Waals surface area contributed by atoms with E-state index in [0.717, 1.165) is 12.5 Å². The Labute approximate surface area is 80.2 Å². The molecule has 1 aromatic carbocycles. The first-order chi connectivity index (χ1) is 6.16. The minimum absolute atomic E-state index is 0.773. The van der Waals surface area contributed by atoms with Crippen LogP contribution in [0.15, 0.2) is 12.1 Å². The Balaban J connectivity index is 2.43. The highest BCUT2D eigenvalue weighted by molar-refractivity contribution is 5.57. The van der Waals surface area contributed by atoms with Crippen LogP contribution in [0.2, 0.25) is 0 Å². The predicted octanol–water partition coefficient (Wildman–Crippen LogP) is 2.91. The highest BCUT2D eigenvalue weighted by atomic mass is 14.9. The Kier molecular flexibility index (Phi) is 2.03. The van der Waals surface area contributed by atoms with Gasteiger partial charge in [0.25, 0.3) is 0 Å². The molecular formula is C12H17N. The van der Waals surface area contributed by atoms with Crippen LogP contribution >= 0.6 is 0 Å². The van der Waals surface area contributed by atoms with Crippen molar-refractivity contribution in [3.63, 3.8) is 0 Å². The van der Waals surface area contributed by atoms with Crippen LogP contribution in [0, 0.1) is 19.8 Å². The van der Waals surface area contributed by atoms with E-state index in [4.69, 9.17) is 0 Å². The highest BCUT2D eigenvalue weighted by Gasteiger charge is 2.14. The SMILES string of the molecule is Cc1cc2c(cc1C)NC[C@H](C)C2. The molecule has 1 aromatic rings. The molecule has 0 aliphatic carbocycles. The summed E-state index contributed by atoms with van der Waals surface area (Å²) in [6.07, 6.45) is 1.23. The molecule has 1 aliphatic rings. The van der Waals surface area contributed by atoms with Crippen LogP contribution in [0.25, 0.3) is 0 Å². The fourth-order valence-electron chi connectivity index (χ4n) is 1.94. The molecule has 1 N–H and O–H groups in total. The standard InChI is InChI=1S/C12H17N/c1-8-4-11-5-9(2)10(3)6-12(11)13-7-8/h5-6,8,13H,4,7H2,1-3H3/t8-/m1/s1. The molecule has 1 heterocycles. The lowest BCUT2D eigenvalue weighted by atomic mass is 9.92. The third-order valence-corrected chi connectivity index (χ3v) is 2.93. The molecule has 0 aromatic heterocycles. The van der Waals surface area contributed by atoms with Gasteiger partial charge in [-0.25, -0.2) is 0 Å². The Hall–Kier alpha value is -0.980. The van der Waals surface area contributed by atoms with E-state index >= 15 is 0 Å². The summed E-state index contributed by atoms with van der Waals surface area (Å²) >= 11 is 0. The molecule has 0 unspecified atom stereocenters. The first kappa shape index (κ1) is 8.61. The maximum atomic E-state index is 3.48. The van der Waals surface area contributed by atoms with Crippen molar-refractivity contribution >= 4 is 5.69 Å². The largest absolute Gasteiger partial charge is 0.385 e. The van der Waals surface area contributed by atoms with Crippen LogP contribution in [-0.4, -0.2) is 6.54 Å². The summed E-state index contributed by atoms with van der Waals surface area (Å²) in [6, 6.07) is 4.60. The van der Waals surface area contributed by atoms with Crippen molar-refractivity contribution < 1.29 is 0 Å². The van der Waals surface area contributed by atoms with Crippen molar-refractivity contribution in [1.29, 1.82) is 0 Å². The maximum absolute atomic E-state index is 3.48. The maximum Gasteiger partial charge on any atom is 0.0375 e. The van der Waals surface area contributed by atoms with Gasteiger partial charge in [0.15, 0.2) is 0 Å². The summed E-state index contributed by atoms with van der Waals surface area (Å²) in [7, 11) is 0. The minimum atomic E-state index is 0.773. The minimum Gasteiger partial charge on any atom is -0.385 e. The molecule has 0 fully saturated rings. The lowest BCUT2D eigenvalue weighted by Gasteiger charge is -2.24. The lowest BCUT2D eigenvalue weighted by molar-refractivity contribution is 0.594. The molecule has 0 saturated carbocycles. The van der Waals surface area contributed by atoms with E-state index in [1.54, 1.807) is 0 Å². The predicted molar refractivity (Wildman–Crippen MR) is 57.3 cm³/mol. The van der Waals surface area contributed by atoms with E-state index in [9.17, 15) is 0 Å². The summed E-state index contributed by atoms with van der Waals surface area (Å²) in [4.78, 5) is 0. The van der Waals surface area contributed by atoms with Crippen LogP contribution in [-0.2, 0) is 6.42 Å². The Bertz CT molecular complexity index is 328. The van der Waals surface area contributed by atoms with Gasteiger partial charge in [-0.2, -0.15) is 0 Å². The summed E-state index contributed by atoms with van der Waals surface area (Å²) in [5.41, 5.74) is 5.64. The Morgan fingerprint density at radius 1 is 1.23 bits per heavy atom. The van der Waals surface area contributed by atoms with Gasteiger partial charge in [0.05, 0.1) is 0 Å². The second-order valence-electron chi connectivity index (χ2n) is 4.28. The number of anilines is 1. The van der Waals surface area contributed by atoms with Gasteiger partial charge in [0, 0.05) is 12.2 Å².